The lowest BCUT2D eigenvalue weighted by atomic mass is 10.1. The molecule has 3 rings (SSSR count). The van der Waals surface area contributed by atoms with Crippen LogP contribution in [-0.4, -0.2) is 52.5 Å². The van der Waals surface area contributed by atoms with Crippen LogP contribution in [0.1, 0.15) is 33.7 Å². The molecule has 0 bridgehead atoms. The number of hydrogen-bond donors (Lipinski definition) is 0. The summed E-state index contributed by atoms with van der Waals surface area (Å²) in [5, 5.41) is 4.45. The van der Waals surface area contributed by atoms with Crippen LogP contribution in [0, 0.1) is 13.8 Å². The van der Waals surface area contributed by atoms with Crippen LogP contribution < -0.4 is 0 Å². The summed E-state index contributed by atoms with van der Waals surface area (Å²) in [4.78, 5) is 21.1. The van der Waals surface area contributed by atoms with Crippen molar-refractivity contribution in [1.29, 1.82) is 0 Å². The summed E-state index contributed by atoms with van der Waals surface area (Å²) in [6.07, 6.45) is 0. The third kappa shape index (κ3) is 3.09. The minimum Gasteiger partial charge on any atom is -0.338 e. The van der Waals surface area contributed by atoms with E-state index in [0.717, 1.165) is 12.1 Å². The number of aryl methyl sites for hydroxylation is 1. The lowest BCUT2D eigenvalue weighted by Gasteiger charge is -2.37. The summed E-state index contributed by atoms with van der Waals surface area (Å²) in [5.41, 5.74) is 1.45. The molecule has 23 heavy (non-hydrogen) atoms. The van der Waals surface area contributed by atoms with E-state index in [1.165, 1.54) is 0 Å². The van der Waals surface area contributed by atoms with E-state index in [4.69, 9.17) is 16.1 Å². The largest absolute Gasteiger partial charge is 0.338 e. The molecule has 2 heterocycles. The zero-order chi connectivity index (χ0) is 16.6. The first kappa shape index (κ1) is 16.0. The molecule has 0 spiro atoms. The lowest BCUT2D eigenvalue weighted by molar-refractivity contribution is 0.0488. The molecular formula is C16H19ClN4O2. The van der Waals surface area contributed by atoms with Gasteiger partial charge in [-0.05, 0) is 38.6 Å². The Kier molecular flexibility index (Phi) is 4.37. The van der Waals surface area contributed by atoms with Crippen LogP contribution in [0.4, 0.5) is 0 Å². The van der Waals surface area contributed by atoms with Gasteiger partial charge in [-0.15, -0.1) is 0 Å². The fraction of sp³-hybridized carbons (Fsp3) is 0.438. The Morgan fingerprint density at radius 2 is 2.13 bits per heavy atom. The highest BCUT2D eigenvalue weighted by molar-refractivity contribution is 6.31. The van der Waals surface area contributed by atoms with Crippen molar-refractivity contribution in [2.24, 2.45) is 0 Å². The zero-order valence-corrected chi connectivity index (χ0v) is 14.2. The lowest BCUT2D eigenvalue weighted by Crippen LogP contribution is -2.49. The van der Waals surface area contributed by atoms with Crippen molar-refractivity contribution in [3.63, 3.8) is 0 Å². The third-order valence-electron chi connectivity index (χ3n) is 4.26. The van der Waals surface area contributed by atoms with Crippen molar-refractivity contribution in [2.75, 3.05) is 26.7 Å². The molecule has 1 aliphatic rings. The van der Waals surface area contributed by atoms with Crippen LogP contribution in [0.15, 0.2) is 22.7 Å². The van der Waals surface area contributed by atoms with Crippen LogP contribution in [0.2, 0.25) is 5.02 Å². The summed E-state index contributed by atoms with van der Waals surface area (Å²) in [7, 11) is 2.00. The van der Waals surface area contributed by atoms with E-state index in [-0.39, 0.29) is 11.9 Å². The zero-order valence-electron chi connectivity index (χ0n) is 13.4. The molecule has 1 fully saturated rings. The molecule has 7 heteroatoms. The van der Waals surface area contributed by atoms with Gasteiger partial charge in [0.2, 0.25) is 5.89 Å². The molecular weight excluding hydrogens is 316 g/mol. The Balaban J connectivity index is 1.83. The number of carbonyl (C=O) groups excluding carboxylic acids is 1. The number of piperazine rings is 1. The minimum atomic E-state index is -0.0895. The highest BCUT2D eigenvalue weighted by atomic mass is 35.5. The number of hydrogen-bond acceptors (Lipinski definition) is 5. The molecule has 1 atom stereocenters. The number of carbonyl (C=O) groups is 1. The summed E-state index contributed by atoms with van der Waals surface area (Å²) in [5.74, 6) is 1.13. The van der Waals surface area contributed by atoms with Crippen LogP contribution in [0.25, 0.3) is 0 Å². The molecule has 0 saturated carbocycles. The van der Waals surface area contributed by atoms with Crippen molar-refractivity contribution in [3.05, 3.63) is 46.1 Å². The van der Waals surface area contributed by atoms with Gasteiger partial charge in [-0.1, -0.05) is 22.8 Å². The van der Waals surface area contributed by atoms with Gasteiger partial charge in [0, 0.05) is 30.2 Å². The number of rotatable bonds is 2. The Morgan fingerprint density at radius 3 is 2.83 bits per heavy atom. The second kappa shape index (κ2) is 6.29. The van der Waals surface area contributed by atoms with Crippen molar-refractivity contribution < 1.29 is 9.32 Å². The molecule has 0 unspecified atom stereocenters. The maximum atomic E-state index is 12.8. The molecule has 1 aromatic carbocycles. The van der Waals surface area contributed by atoms with E-state index in [9.17, 15) is 4.79 Å². The van der Waals surface area contributed by atoms with Crippen LogP contribution in [0.5, 0.6) is 0 Å². The maximum Gasteiger partial charge on any atom is 0.254 e. The molecule has 1 amide bonds. The standard InChI is InChI=1S/C16H19ClN4O2/c1-10-12(5-4-6-13(10)17)16(22)21-8-7-20(3)14(9-21)15-18-11(2)19-23-15/h4-6,14H,7-9H2,1-3H3/t14-/m0/s1. The van der Waals surface area contributed by atoms with E-state index < -0.39 is 0 Å². The van der Waals surface area contributed by atoms with Gasteiger partial charge in [0.15, 0.2) is 5.82 Å². The number of amides is 1. The average molecular weight is 335 g/mol. The normalized spacial score (nSPS) is 19.1. The predicted octanol–water partition coefficient (Wildman–Crippen LogP) is 2.47. The van der Waals surface area contributed by atoms with Gasteiger partial charge in [-0.2, -0.15) is 4.98 Å². The monoisotopic (exact) mass is 334 g/mol. The van der Waals surface area contributed by atoms with Gasteiger partial charge in [-0.3, -0.25) is 9.69 Å². The highest BCUT2D eigenvalue weighted by Crippen LogP contribution is 2.26. The number of halogens is 1. The smallest absolute Gasteiger partial charge is 0.254 e. The minimum absolute atomic E-state index is 0.0145. The fourth-order valence-corrected chi connectivity index (χ4v) is 2.96. The maximum absolute atomic E-state index is 12.8. The van der Waals surface area contributed by atoms with Gasteiger partial charge in [0.1, 0.15) is 6.04 Å². The third-order valence-corrected chi connectivity index (χ3v) is 4.67. The SMILES string of the molecule is Cc1noc([C@@H]2CN(C(=O)c3cccc(Cl)c3C)CCN2C)n1. The highest BCUT2D eigenvalue weighted by Gasteiger charge is 2.32. The molecule has 1 saturated heterocycles. The van der Waals surface area contributed by atoms with Gasteiger partial charge in [-0.25, -0.2) is 0 Å². The molecule has 122 valence electrons. The number of benzene rings is 1. The molecule has 2 aromatic rings. The van der Waals surface area contributed by atoms with Gasteiger partial charge >= 0.3 is 0 Å². The van der Waals surface area contributed by atoms with Crippen molar-refractivity contribution in [2.45, 2.75) is 19.9 Å². The van der Waals surface area contributed by atoms with Crippen LogP contribution in [-0.2, 0) is 0 Å². The second-order valence-corrected chi connectivity index (χ2v) is 6.25. The number of nitrogens with zero attached hydrogens (tertiary/aromatic N) is 4. The van der Waals surface area contributed by atoms with Crippen molar-refractivity contribution in [1.82, 2.24) is 19.9 Å². The Morgan fingerprint density at radius 1 is 1.35 bits per heavy atom. The van der Waals surface area contributed by atoms with E-state index in [0.29, 0.717) is 35.4 Å². The Bertz CT molecular complexity index is 731. The number of likely N-dealkylation sites (N-methyl/N-ethyl adjacent to an activating group) is 1. The summed E-state index contributed by atoms with van der Waals surface area (Å²) in [6.45, 7) is 5.57. The fourth-order valence-electron chi connectivity index (χ4n) is 2.78. The summed E-state index contributed by atoms with van der Waals surface area (Å²) >= 11 is 6.14. The van der Waals surface area contributed by atoms with Crippen molar-refractivity contribution >= 4 is 17.5 Å². The summed E-state index contributed by atoms with van der Waals surface area (Å²) in [6, 6.07) is 5.32. The molecule has 1 aromatic heterocycles. The molecule has 0 aliphatic carbocycles. The van der Waals surface area contributed by atoms with Crippen LogP contribution >= 0.6 is 11.6 Å². The number of aromatic nitrogens is 2. The van der Waals surface area contributed by atoms with Crippen molar-refractivity contribution in [3.8, 4) is 0 Å². The van der Waals surface area contributed by atoms with Gasteiger partial charge in [0.05, 0.1) is 0 Å². The first-order valence-electron chi connectivity index (χ1n) is 7.52. The topological polar surface area (TPSA) is 62.5 Å². The van der Waals surface area contributed by atoms with Crippen LogP contribution in [0.3, 0.4) is 0 Å². The van der Waals surface area contributed by atoms with E-state index in [2.05, 4.69) is 15.0 Å². The second-order valence-electron chi connectivity index (χ2n) is 5.84. The molecule has 0 N–H and O–H groups in total. The molecule has 1 aliphatic heterocycles. The molecule has 0 radical (unpaired) electrons. The quantitative estimate of drug-likeness (QED) is 0.844. The first-order valence-corrected chi connectivity index (χ1v) is 7.90. The summed E-state index contributed by atoms with van der Waals surface area (Å²) < 4.78 is 5.29. The Hall–Kier alpha value is -1.92. The van der Waals surface area contributed by atoms with Gasteiger partial charge in [0.25, 0.3) is 5.91 Å². The molecule has 6 nitrogen and oxygen atoms in total. The Labute approximate surface area is 140 Å². The predicted molar refractivity (Wildman–Crippen MR) is 86.5 cm³/mol. The average Bonchev–Trinajstić information content (AvgIpc) is 2.96. The first-order chi connectivity index (χ1) is 11.0. The van der Waals surface area contributed by atoms with E-state index in [1.54, 1.807) is 19.1 Å². The van der Waals surface area contributed by atoms with Gasteiger partial charge < -0.3 is 9.42 Å². The van der Waals surface area contributed by atoms with E-state index >= 15 is 0 Å². The van der Waals surface area contributed by atoms with E-state index in [1.807, 2.05) is 24.9 Å².